The fraction of sp³-hybridized carbons (Fsp3) is 0.667. The van der Waals surface area contributed by atoms with Crippen LogP contribution in [0.25, 0.3) is 0 Å². The first kappa shape index (κ1) is 19.4. The molecule has 1 amide bonds. The van der Waals surface area contributed by atoms with E-state index < -0.39 is 28.6 Å². The first-order chi connectivity index (χ1) is 11.8. The monoisotopic (exact) mass is 372 g/mol. The highest BCUT2D eigenvalue weighted by Gasteiger charge is 2.23. The molecule has 0 unspecified atom stereocenters. The predicted octanol–water partition coefficient (Wildman–Crippen LogP) is 0.0790. The lowest BCUT2D eigenvalue weighted by atomic mass is 9.95. The Labute approximate surface area is 147 Å². The van der Waals surface area contributed by atoms with Gasteiger partial charge in [0.05, 0.1) is 6.20 Å². The summed E-state index contributed by atoms with van der Waals surface area (Å²) < 4.78 is 32.4. The van der Waals surface area contributed by atoms with Gasteiger partial charge in [0.2, 0.25) is 10.0 Å². The molecule has 0 aliphatic heterocycles. The highest BCUT2D eigenvalue weighted by molar-refractivity contribution is 7.89. The minimum Gasteiger partial charge on any atom is -0.452 e. The summed E-state index contributed by atoms with van der Waals surface area (Å²) in [5.74, 6) is -1.19. The second kappa shape index (κ2) is 8.43. The van der Waals surface area contributed by atoms with E-state index in [1.807, 2.05) is 0 Å². The van der Waals surface area contributed by atoms with Crippen molar-refractivity contribution in [1.82, 2.24) is 19.8 Å². The van der Waals surface area contributed by atoms with Crippen LogP contribution in [0.15, 0.2) is 17.3 Å². The molecule has 0 spiro atoms. The number of amides is 1. The Bertz CT molecular complexity index is 709. The Morgan fingerprint density at radius 3 is 2.64 bits per heavy atom. The van der Waals surface area contributed by atoms with Crippen LogP contribution in [-0.4, -0.2) is 48.8 Å². The van der Waals surface area contributed by atoms with Crippen molar-refractivity contribution in [3.8, 4) is 0 Å². The normalized spacial score (nSPS) is 17.0. The summed E-state index contributed by atoms with van der Waals surface area (Å²) in [4.78, 5) is 23.8. The molecule has 1 aromatic heterocycles. The number of nitrogens with zero attached hydrogens (tertiary/aromatic N) is 2. The van der Waals surface area contributed by atoms with Crippen molar-refractivity contribution < 1.29 is 22.7 Å². The number of rotatable bonds is 7. The lowest BCUT2D eigenvalue weighted by Crippen LogP contribution is -2.43. The van der Waals surface area contributed by atoms with Crippen LogP contribution in [-0.2, 0) is 31.4 Å². The highest BCUT2D eigenvalue weighted by Crippen LogP contribution is 2.17. The molecule has 2 N–H and O–H groups in total. The number of nitrogens with one attached hydrogen (secondary N) is 2. The topological polar surface area (TPSA) is 119 Å². The van der Waals surface area contributed by atoms with Crippen molar-refractivity contribution in [2.24, 2.45) is 7.05 Å². The molecule has 2 rings (SSSR count). The van der Waals surface area contributed by atoms with Crippen molar-refractivity contribution in [2.45, 2.75) is 56.1 Å². The zero-order valence-corrected chi connectivity index (χ0v) is 15.2. The largest absolute Gasteiger partial charge is 0.452 e. The third-order valence-electron chi connectivity index (χ3n) is 4.03. The molecular weight excluding hydrogens is 348 g/mol. The molecule has 1 fully saturated rings. The van der Waals surface area contributed by atoms with Gasteiger partial charge in [-0.3, -0.25) is 14.3 Å². The third kappa shape index (κ3) is 5.82. The number of carbonyl (C=O) groups excluding carboxylic acids is 2. The van der Waals surface area contributed by atoms with Crippen molar-refractivity contribution in [3.05, 3.63) is 12.4 Å². The van der Waals surface area contributed by atoms with E-state index in [0.29, 0.717) is 0 Å². The first-order valence-electron chi connectivity index (χ1n) is 8.26. The maximum Gasteiger partial charge on any atom is 0.321 e. The van der Waals surface area contributed by atoms with Gasteiger partial charge in [0, 0.05) is 19.3 Å². The lowest BCUT2D eigenvalue weighted by molar-refractivity contribution is -0.154. The minimum absolute atomic E-state index is 0.0501. The molecule has 25 heavy (non-hydrogen) atoms. The quantitative estimate of drug-likeness (QED) is 0.654. The van der Waals surface area contributed by atoms with Gasteiger partial charge in [0.25, 0.3) is 5.91 Å². The predicted molar refractivity (Wildman–Crippen MR) is 89.0 cm³/mol. The van der Waals surface area contributed by atoms with E-state index in [2.05, 4.69) is 15.1 Å². The molecular formula is C15H24N4O5S. The van der Waals surface area contributed by atoms with E-state index in [9.17, 15) is 18.0 Å². The van der Waals surface area contributed by atoms with Crippen LogP contribution in [0.4, 0.5) is 0 Å². The molecule has 9 nitrogen and oxygen atoms in total. The molecule has 1 saturated carbocycles. The number of esters is 1. The molecule has 1 aliphatic carbocycles. The number of hydrogen-bond donors (Lipinski definition) is 2. The summed E-state index contributed by atoms with van der Waals surface area (Å²) in [7, 11) is -2.26. The van der Waals surface area contributed by atoms with Gasteiger partial charge < -0.3 is 10.1 Å². The van der Waals surface area contributed by atoms with Crippen LogP contribution in [0.3, 0.4) is 0 Å². The van der Waals surface area contributed by atoms with Crippen LogP contribution in [0.5, 0.6) is 0 Å². The smallest absolute Gasteiger partial charge is 0.321 e. The second-order valence-corrected chi connectivity index (χ2v) is 7.92. The summed E-state index contributed by atoms with van der Waals surface area (Å²) in [6, 6.07) is 0.117. The maximum atomic E-state index is 12.0. The Morgan fingerprint density at radius 1 is 1.36 bits per heavy atom. The van der Waals surface area contributed by atoms with Gasteiger partial charge >= 0.3 is 5.97 Å². The number of sulfonamides is 1. The van der Waals surface area contributed by atoms with Gasteiger partial charge in [0.1, 0.15) is 11.4 Å². The minimum atomic E-state index is -3.85. The number of aromatic nitrogens is 2. The van der Waals surface area contributed by atoms with Crippen molar-refractivity contribution in [1.29, 1.82) is 0 Å². The van der Waals surface area contributed by atoms with Crippen molar-refractivity contribution in [2.75, 3.05) is 6.54 Å². The van der Waals surface area contributed by atoms with Gasteiger partial charge in [0.15, 0.2) is 6.10 Å². The molecule has 0 radical (unpaired) electrons. The third-order valence-corrected chi connectivity index (χ3v) is 5.38. The maximum absolute atomic E-state index is 12.0. The summed E-state index contributed by atoms with van der Waals surface area (Å²) >= 11 is 0. The molecule has 1 heterocycles. The molecule has 10 heteroatoms. The number of hydrogen-bond acceptors (Lipinski definition) is 6. The molecule has 1 atom stereocenters. The number of ether oxygens (including phenoxy) is 1. The molecule has 1 aromatic rings. The van der Waals surface area contributed by atoms with Crippen LogP contribution in [0.2, 0.25) is 0 Å². The summed E-state index contributed by atoms with van der Waals surface area (Å²) in [5, 5.41) is 6.62. The van der Waals surface area contributed by atoms with Gasteiger partial charge in [-0.25, -0.2) is 8.42 Å². The van der Waals surface area contributed by atoms with Crippen molar-refractivity contribution >= 4 is 21.9 Å². The van der Waals surface area contributed by atoms with Gasteiger partial charge in [-0.1, -0.05) is 19.3 Å². The standard InChI is InChI=1S/C15H24N4O5S/c1-11(15(21)18-12-6-4-3-5-7-12)24-14(20)9-17-25(22,23)13-8-16-19(2)10-13/h8,10-12,17H,3-7,9H2,1-2H3,(H,18,21)/t11-/m1/s1. The van der Waals surface area contributed by atoms with E-state index in [4.69, 9.17) is 4.74 Å². The fourth-order valence-electron chi connectivity index (χ4n) is 2.63. The van der Waals surface area contributed by atoms with Gasteiger partial charge in [-0.2, -0.15) is 9.82 Å². The fourth-order valence-corrected chi connectivity index (χ4v) is 3.58. The van der Waals surface area contributed by atoms with Crippen LogP contribution >= 0.6 is 0 Å². The Balaban J connectivity index is 1.77. The van der Waals surface area contributed by atoms with E-state index in [-0.39, 0.29) is 16.8 Å². The van der Waals surface area contributed by atoms with Crippen LogP contribution in [0.1, 0.15) is 39.0 Å². The number of aryl methyl sites for hydroxylation is 1. The van der Waals surface area contributed by atoms with Gasteiger partial charge in [-0.05, 0) is 19.8 Å². The molecule has 0 saturated heterocycles. The van der Waals surface area contributed by atoms with Crippen LogP contribution < -0.4 is 10.0 Å². The van der Waals surface area contributed by atoms with Gasteiger partial charge in [-0.15, -0.1) is 0 Å². The first-order valence-corrected chi connectivity index (χ1v) is 9.74. The molecule has 1 aliphatic rings. The molecule has 0 bridgehead atoms. The van der Waals surface area contributed by atoms with Crippen LogP contribution in [0, 0.1) is 0 Å². The molecule has 0 aromatic carbocycles. The summed E-state index contributed by atoms with van der Waals surface area (Å²) in [5.41, 5.74) is 0. The zero-order valence-electron chi connectivity index (χ0n) is 14.4. The SMILES string of the molecule is C[C@@H](OC(=O)CNS(=O)(=O)c1cnn(C)c1)C(=O)NC1CCCCC1. The van der Waals surface area contributed by atoms with E-state index in [1.165, 1.54) is 30.4 Å². The van der Waals surface area contributed by atoms with E-state index >= 15 is 0 Å². The van der Waals surface area contributed by atoms with E-state index in [1.54, 1.807) is 7.05 Å². The Kier molecular flexibility index (Phi) is 6.54. The Hall–Kier alpha value is -1.94. The summed E-state index contributed by atoms with van der Waals surface area (Å²) in [6.45, 7) is 0.907. The Morgan fingerprint density at radius 2 is 2.04 bits per heavy atom. The molecule has 140 valence electrons. The highest BCUT2D eigenvalue weighted by atomic mass is 32.2. The average molecular weight is 372 g/mol. The second-order valence-electron chi connectivity index (χ2n) is 6.15. The average Bonchev–Trinajstić information content (AvgIpc) is 3.01. The van der Waals surface area contributed by atoms with Crippen molar-refractivity contribution in [3.63, 3.8) is 0 Å². The van der Waals surface area contributed by atoms with E-state index in [0.717, 1.165) is 25.7 Å². The lowest BCUT2D eigenvalue weighted by Gasteiger charge is -2.24. The number of carbonyl (C=O) groups is 2. The zero-order chi connectivity index (χ0) is 18.4. The summed E-state index contributed by atoms with van der Waals surface area (Å²) in [6.07, 6.45) is 6.70.